The molecule has 8 rings (SSSR count). The zero-order valence-corrected chi connectivity index (χ0v) is 35.4. The average Bonchev–Trinajstić information content (AvgIpc) is 3.27. The van der Waals surface area contributed by atoms with Gasteiger partial charge in [-0.25, -0.2) is 22.4 Å². The number of rotatable bonds is 9. The number of nitrogens with one attached hydrogen (secondary N) is 2. The number of benzene rings is 4. The van der Waals surface area contributed by atoms with Crippen LogP contribution in [0.2, 0.25) is 0 Å². The first-order chi connectivity index (χ1) is 29.9. The van der Waals surface area contributed by atoms with Crippen molar-refractivity contribution in [3.05, 3.63) is 130 Å². The van der Waals surface area contributed by atoms with Crippen LogP contribution in [-0.2, 0) is 22.6 Å². The molecule has 0 atom stereocenters. The lowest BCUT2D eigenvalue weighted by Gasteiger charge is -2.52. The fourth-order valence-corrected chi connectivity index (χ4v) is 8.93. The van der Waals surface area contributed by atoms with Crippen molar-refractivity contribution >= 4 is 29.0 Å². The van der Waals surface area contributed by atoms with Crippen molar-refractivity contribution in [2.75, 3.05) is 76.5 Å². The first-order valence-electron chi connectivity index (χ1n) is 21.0. The minimum Gasteiger partial charge on any atom is -0.383 e. The fourth-order valence-electron chi connectivity index (χ4n) is 8.93. The van der Waals surface area contributed by atoms with Crippen molar-refractivity contribution in [1.29, 1.82) is 0 Å². The molecule has 0 aliphatic carbocycles. The first kappa shape index (κ1) is 48.7. The number of anilines is 2. The van der Waals surface area contributed by atoms with Gasteiger partial charge in [0.25, 0.3) is 0 Å². The van der Waals surface area contributed by atoms with Gasteiger partial charge in [-0.05, 0) is 111 Å². The second-order valence-electron chi connectivity index (χ2n) is 16.1. The molecule has 0 aromatic heterocycles. The van der Waals surface area contributed by atoms with Gasteiger partial charge in [-0.2, -0.15) is 0 Å². The first-order valence-corrected chi connectivity index (χ1v) is 21.0. The van der Waals surface area contributed by atoms with Gasteiger partial charge in [0, 0.05) is 94.4 Å². The number of carbonyl (C=O) groups excluding carboxylic acids is 3. The summed E-state index contributed by atoms with van der Waals surface area (Å²) in [7, 11) is 3.30. The Bertz CT molecular complexity index is 2140. The molecule has 2 saturated heterocycles. The topological polar surface area (TPSA) is 129 Å². The lowest BCUT2D eigenvalue weighted by molar-refractivity contribution is 0.0871. The Morgan fingerprint density at radius 1 is 0.667 bits per heavy atom. The van der Waals surface area contributed by atoms with Crippen molar-refractivity contribution in [1.82, 2.24) is 15.5 Å². The Hall–Kier alpha value is -5.35. The van der Waals surface area contributed by atoms with E-state index in [2.05, 4.69) is 20.4 Å². The van der Waals surface area contributed by atoms with Gasteiger partial charge in [-0.3, -0.25) is 9.59 Å². The van der Waals surface area contributed by atoms with E-state index in [1.54, 1.807) is 55.5 Å². The van der Waals surface area contributed by atoms with E-state index in [0.29, 0.717) is 76.3 Å². The third-order valence-corrected chi connectivity index (χ3v) is 12.3. The molecule has 4 heterocycles. The van der Waals surface area contributed by atoms with Crippen LogP contribution in [0.15, 0.2) is 84.9 Å². The van der Waals surface area contributed by atoms with Gasteiger partial charge in [0.05, 0.1) is 18.8 Å². The third kappa shape index (κ3) is 11.8. The Morgan fingerprint density at radius 2 is 1.10 bits per heavy atom. The summed E-state index contributed by atoms with van der Waals surface area (Å²) in [4.78, 5) is 44.2. The van der Waals surface area contributed by atoms with Crippen LogP contribution in [0.4, 0.5) is 33.7 Å². The zero-order valence-electron chi connectivity index (χ0n) is 35.4. The van der Waals surface area contributed by atoms with Gasteiger partial charge in [0.15, 0.2) is 11.6 Å². The number of amides is 2. The predicted octanol–water partition coefficient (Wildman–Crippen LogP) is 7.66. The summed E-state index contributed by atoms with van der Waals surface area (Å²) in [5, 5.41) is 6.23. The van der Waals surface area contributed by atoms with Crippen LogP contribution in [0.3, 0.4) is 0 Å². The predicted molar refractivity (Wildman–Crippen MR) is 237 cm³/mol. The number of methoxy groups -OCH3 is 2. The number of likely N-dealkylation sites (tertiary alicyclic amines) is 1. The smallest absolute Gasteiger partial charge is 0.317 e. The molecule has 2 spiro atoms. The number of nitrogens with zero attached hydrogens (tertiary/aromatic N) is 3. The summed E-state index contributed by atoms with van der Waals surface area (Å²) < 4.78 is 63.0. The molecule has 4 aliphatic rings. The summed E-state index contributed by atoms with van der Waals surface area (Å²) in [5.74, 6) is -1.32. The van der Waals surface area contributed by atoms with Crippen molar-refractivity contribution in [2.45, 2.75) is 70.1 Å². The van der Waals surface area contributed by atoms with Crippen molar-refractivity contribution in [3.63, 3.8) is 0 Å². The van der Waals surface area contributed by atoms with Crippen LogP contribution in [0.25, 0.3) is 0 Å². The number of halogens is 4. The molecule has 0 unspecified atom stereocenters. The molecule has 63 heavy (non-hydrogen) atoms. The highest BCUT2D eigenvalue weighted by Gasteiger charge is 2.47. The van der Waals surface area contributed by atoms with Gasteiger partial charge in [0.2, 0.25) is 0 Å². The highest BCUT2D eigenvalue weighted by Crippen LogP contribution is 2.44. The number of nitrogens with two attached hydrogens (primary N) is 1. The number of carbonyl (C=O) groups is 3. The molecule has 4 N–H and O–H groups in total. The number of ether oxygens (including phenoxy) is 2. The third-order valence-electron chi connectivity index (χ3n) is 12.3. The Balaban J connectivity index is 0.000000206. The highest BCUT2D eigenvalue weighted by molar-refractivity contribution is 6.05. The molecule has 4 aromatic rings. The number of fused-ring (bicyclic) bond motifs is 2. The summed E-state index contributed by atoms with van der Waals surface area (Å²) >= 11 is 0. The molecular weight excluding hydrogens is 817 g/mol. The van der Waals surface area contributed by atoms with E-state index in [0.717, 1.165) is 55.0 Å². The normalized spacial score (nSPS) is 17.1. The average molecular weight is 877 g/mol. The van der Waals surface area contributed by atoms with Crippen LogP contribution >= 0.6 is 0 Å². The number of piperidine rings is 2. The molecule has 0 radical (unpaired) electrons. The maximum Gasteiger partial charge on any atom is 0.317 e. The number of hydrogen-bond acceptors (Lipinski definition) is 9. The maximum atomic E-state index is 13.8. The minimum atomic E-state index is -0.424. The van der Waals surface area contributed by atoms with E-state index in [4.69, 9.17) is 15.2 Å². The number of Topliss-reactive ketones (excluding diaryl/α,β-unsaturated/α-hetero) is 2. The fraction of sp³-hybridized carbons (Fsp3) is 0.438. The molecular formula is C48H60F4N6O5. The molecule has 2 amide bonds. The Kier molecular flexibility index (Phi) is 17.2. The van der Waals surface area contributed by atoms with Gasteiger partial charge in [-0.15, -0.1) is 0 Å². The van der Waals surface area contributed by atoms with Gasteiger partial charge >= 0.3 is 6.03 Å². The van der Waals surface area contributed by atoms with Crippen LogP contribution < -0.4 is 26.2 Å². The zero-order chi connectivity index (χ0) is 44.3. The minimum absolute atomic E-state index is 0. The lowest BCUT2D eigenvalue weighted by atomic mass is 9.76. The molecule has 15 heteroatoms. The van der Waals surface area contributed by atoms with Crippen molar-refractivity contribution in [3.8, 4) is 0 Å². The number of ketones is 2. The number of urea groups is 1. The summed E-state index contributed by atoms with van der Waals surface area (Å²) in [6.07, 6.45) is 3.87. The molecule has 0 saturated carbocycles. The number of hydrogen-bond donors (Lipinski definition) is 3. The SMILES string of the molecule is C.COCCN1c2ccc(F)cc2C(=O)CC12CCN(C(=O)NCc1ccc(F)cc1)CC2.COCCN1c2ccc(F)cc2C(=O)CC12CCNCC2.NCc1ccc(F)cc1. The van der Waals surface area contributed by atoms with Gasteiger partial charge in [0.1, 0.15) is 23.3 Å². The monoisotopic (exact) mass is 876 g/mol. The largest absolute Gasteiger partial charge is 0.383 e. The van der Waals surface area contributed by atoms with Crippen molar-refractivity contribution < 1.29 is 41.4 Å². The lowest BCUT2D eigenvalue weighted by Crippen LogP contribution is -2.61. The van der Waals surface area contributed by atoms with E-state index < -0.39 is 11.4 Å². The maximum absolute atomic E-state index is 13.8. The molecule has 4 aromatic carbocycles. The molecule has 11 nitrogen and oxygen atoms in total. The highest BCUT2D eigenvalue weighted by atomic mass is 19.1. The molecule has 2 fully saturated rings. The van der Waals surface area contributed by atoms with Crippen LogP contribution in [0, 0.1) is 23.3 Å². The van der Waals surface area contributed by atoms with Gasteiger partial charge < -0.3 is 40.5 Å². The molecule has 0 bridgehead atoms. The summed E-state index contributed by atoms with van der Waals surface area (Å²) in [6.45, 7) is 6.00. The quantitative estimate of drug-likeness (QED) is 0.145. The summed E-state index contributed by atoms with van der Waals surface area (Å²) in [6, 6.07) is 20.9. The van der Waals surface area contributed by atoms with E-state index in [1.165, 1.54) is 48.5 Å². The molecule has 4 aliphatic heterocycles. The Labute approximate surface area is 367 Å². The second kappa shape index (κ2) is 22.3. The van der Waals surface area contributed by atoms with Crippen LogP contribution in [0.1, 0.15) is 77.8 Å². The van der Waals surface area contributed by atoms with E-state index in [-0.39, 0.29) is 54.4 Å². The second-order valence-corrected chi connectivity index (χ2v) is 16.1. The standard InChI is InChI=1S/C24H27F2N3O3.C16H21FN2O2.C7H8FN.CH4/c1-32-13-12-29-21-7-6-19(26)14-20(21)22(30)15-24(29)8-10-28(11-9-24)23(31)27-16-17-2-4-18(25)5-3-17;1-21-9-8-19-14-3-2-12(17)10-13(14)15(20)11-16(19)4-6-18-7-5-16;8-7-3-1-6(5-9)2-4-7;/h2-7,14H,8-13,15-16H2,1H3,(H,27,31);2-3,10,18H,4-9,11H2,1H3;1-4H,5,9H2;1H4. The Morgan fingerprint density at radius 3 is 1.54 bits per heavy atom. The van der Waals surface area contributed by atoms with Crippen LogP contribution in [-0.4, -0.2) is 100 Å². The van der Waals surface area contributed by atoms with E-state index in [1.807, 2.05) is 0 Å². The van der Waals surface area contributed by atoms with E-state index >= 15 is 0 Å². The van der Waals surface area contributed by atoms with Crippen molar-refractivity contribution in [2.24, 2.45) is 5.73 Å². The summed E-state index contributed by atoms with van der Waals surface area (Å²) in [5.41, 5.74) is 8.98. The molecule has 340 valence electrons. The van der Waals surface area contributed by atoms with Gasteiger partial charge in [-0.1, -0.05) is 31.7 Å². The van der Waals surface area contributed by atoms with E-state index in [9.17, 15) is 31.9 Å². The van der Waals surface area contributed by atoms with Crippen LogP contribution in [0.5, 0.6) is 0 Å².